The van der Waals surface area contributed by atoms with Gasteiger partial charge in [-0.3, -0.25) is 18.9 Å². The van der Waals surface area contributed by atoms with E-state index in [9.17, 15) is 18.8 Å². The van der Waals surface area contributed by atoms with Gasteiger partial charge in [0.15, 0.2) is 23.8 Å². The zero-order valence-corrected chi connectivity index (χ0v) is 26.5. The second-order valence-corrected chi connectivity index (χ2v) is 12.0. The van der Waals surface area contributed by atoms with Gasteiger partial charge < -0.3 is 14.2 Å². The van der Waals surface area contributed by atoms with E-state index in [0.717, 1.165) is 15.7 Å². The normalized spacial score (nSPS) is 31.4. The van der Waals surface area contributed by atoms with Crippen LogP contribution in [0.5, 0.6) is 11.6 Å². The maximum absolute atomic E-state index is 15.2. The smallest absolute Gasteiger partial charge is 0.353 e. The summed E-state index contributed by atoms with van der Waals surface area (Å²) < 4.78 is 49.4. The lowest BCUT2D eigenvalue weighted by molar-refractivity contribution is -0.0502. The van der Waals surface area contributed by atoms with Crippen LogP contribution in [0.25, 0.3) is 0 Å². The molecule has 2 aliphatic rings. The van der Waals surface area contributed by atoms with Crippen LogP contribution in [0.15, 0.2) is 57.1 Å². The molecule has 2 aliphatic heterocycles. The number of hydrogen-bond acceptors (Lipinski definition) is 7. The van der Waals surface area contributed by atoms with E-state index in [1.807, 2.05) is 52.8 Å². The SMILES string of the molecule is CC[C@H]1O[C@@H](n2ccc(=O)[nH]c2=O)C(C)(F)[C@H]1C.CC[C@H]1O[C@@H](n2ccc(Oc3c(C)cccc3C)nc2=O)C(C)(F)[C@H]1C. The topological polar surface area (TPSA) is 117 Å². The first-order valence-corrected chi connectivity index (χ1v) is 15.0. The molecule has 240 valence electrons. The lowest BCUT2D eigenvalue weighted by atomic mass is 9.88. The average molecular weight is 617 g/mol. The predicted molar refractivity (Wildman–Crippen MR) is 162 cm³/mol. The molecule has 12 heteroatoms. The highest BCUT2D eigenvalue weighted by Crippen LogP contribution is 2.46. The molecule has 44 heavy (non-hydrogen) atoms. The van der Waals surface area contributed by atoms with Gasteiger partial charge >= 0.3 is 11.4 Å². The van der Waals surface area contributed by atoms with Crippen LogP contribution in [0.4, 0.5) is 8.78 Å². The largest absolute Gasteiger partial charge is 0.438 e. The van der Waals surface area contributed by atoms with E-state index in [1.165, 1.54) is 36.9 Å². The number of rotatable bonds is 6. The minimum absolute atomic E-state index is 0.183. The van der Waals surface area contributed by atoms with Crippen LogP contribution in [0.2, 0.25) is 0 Å². The summed E-state index contributed by atoms with van der Waals surface area (Å²) in [4.78, 5) is 41.3. The van der Waals surface area contributed by atoms with Gasteiger partial charge in [-0.05, 0) is 51.7 Å². The number of H-pyrrole nitrogens is 1. The molecule has 1 aromatic carbocycles. The second-order valence-electron chi connectivity index (χ2n) is 12.0. The molecule has 10 nitrogen and oxygen atoms in total. The molecule has 1 N–H and O–H groups in total. The van der Waals surface area contributed by atoms with Gasteiger partial charge in [0.2, 0.25) is 5.88 Å². The third kappa shape index (κ3) is 6.28. The molecule has 4 heterocycles. The Kier molecular flexibility index (Phi) is 9.65. The minimum atomic E-state index is -1.65. The van der Waals surface area contributed by atoms with Crippen LogP contribution in [0.1, 0.15) is 78.0 Å². The van der Waals surface area contributed by atoms with Gasteiger partial charge in [0.05, 0.1) is 12.2 Å². The van der Waals surface area contributed by atoms with Crippen LogP contribution in [0.3, 0.4) is 0 Å². The Labute approximate surface area is 255 Å². The first-order valence-electron chi connectivity index (χ1n) is 15.0. The van der Waals surface area contributed by atoms with Crippen molar-refractivity contribution in [1.29, 1.82) is 0 Å². The highest BCUT2D eigenvalue weighted by atomic mass is 19.1. The van der Waals surface area contributed by atoms with Crippen molar-refractivity contribution in [3.05, 3.63) is 85.2 Å². The van der Waals surface area contributed by atoms with Crippen LogP contribution < -0.4 is 21.7 Å². The van der Waals surface area contributed by atoms with Crippen molar-refractivity contribution in [2.24, 2.45) is 11.8 Å². The molecule has 0 amide bonds. The number of aryl methyl sites for hydroxylation is 2. The van der Waals surface area contributed by atoms with Crippen molar-refractivity contribution in [2.45, 2.75) is 104 Å². The van der Waals surface area contributed by atoms with Gasteiger partial charge in [0.25, 0.3) is 5.56 Å². The van der Waals surface area contributed by atoms with Crippen molar-refractivity contribution in [3.63, 3.8) is 0 Å². The van der Waals surface area contributed by atoms with E-state index in [0.29, 0.717) is 18.6 Å². The number of aromatic amines is 1. The number of nitrogens with one attached hydrogen (secondary N) is 1. The summed E-state index contributed by atoms with van der Waals surface area (Å²) in [6.45, 7) is 14.2. The third-order valence-corrected chi connectivity index (χ3v) is 9.05. The minimum Gasteiger partial charge on any atom is -0.438 e. The van der Waals surface area contributed by atoms with E-state index in [-0.39, 0.29) is 29.9 Å². The number of ether oxygens (including phenoxy) is 3. The lowest BCUT2D eigenvalue weighted by Gasteiger charge is -2.25. The Morgan fingerprint density at radius 3 is 1.82 bits per heavy atom. The van der Waals surface area contributed by atoms with Gasteiger partial charge in [-0.2, -0.15) is 4.98 Å². The van der Waals surface area contributed by atoms with Crippen LogP contribution in [0, 0.1) is 25.7 Å². The molecule has 0 bridgehead atoms. The molecule has 0 aliphatic carbocycles. The van der Waals surface area contributed by atoms with Gasteiger partial charge in [-0.1, -0.05) is 45.9 Å². The number of hydrogen-bond donors (Lipinski definition) is 1. The predicted octanol–water partition coefficient (Wildman–Crippen LogP) is 5.53. The Hall–Kier alpha value is -3.64. The van der Waals surface area contributed by atoms with Crippen LogP contribution in [-0.4, -0.2) is 42.6 Å². The van der Waals surface area contributed by atoms with Gasteiger partial charge in [-0.15, -0.1) is 0 Å². The molecular formula is C32H42F2N4O6. The Morgan fingerprint density at radius 2 is 1.36 bits per heavy atom. The van der Waals surface area contributed by atoms with E-state index >= 15 is 4.39 Å². The molecule has 2 fully saturated rings. The molecule has 2 aromatic heterocycles. The molecule has 0 spiro atoms. The number of benzene rings is 1. The zero-order valence-electron chi connectivity index (χ0n) is 26.5. The standard InChI is InChI=1S/C20H25FN2O3.C12H17FN2O3/c1-6-15-14(4)20(5,21)18(25-15)23-11-10-16(22-19(23)24)26-17-12(2)8-7-9-13(17)3;1-4-8-7(2)12(3,13)10(18-8)15-6-5-9(16)14-11(15)17/h7-11,14-15,18H,6H2,1-5H3;5-8,10H,4H2,1-3H3,(H,14,16,17)/t14-,15+,18+,20?;7-,8+,10+,12?/m00/s1. The van der Waals surface area contributed by atoms with E-state index in [1.54, 1.807) is 13.0 Å². The molecule has 2 unspecified atom stereocenters. The van der Waals surface area contributed by atoms with Crippen molar-refractivity contribution >= 4 is 0 Å². The monoisotopic (exact) mass is 616 g/mol. The second kappa shape index (κ2) is 12.8. The lowest BCUT2D eigenvalue weighted by Crippen LogP contribution is -2.40. The molecule has 0 saturated carbocycles. The van der Waals surface area contributed by atoms with E-state index in [2.05, 4.69) is 9.97 Å². The molecule has 0 radical (unpaired) electrons. The van der Waals surface area contributed by atoms with Crippen molar-refractivity contribution in [2.75, 3.05) is 0 Å². The molecule has 3 aromatic rings. The summed E-state index contributed by atoms with van der Waals surface area (Å²) in [7, 11) is 0. The van der Waals surface area contributed by atoms with Gasteiger partial charge in [0, 0.05) is 36.4 Å². The molecular weight excluding hydrogens is 574 g/mol. The molecule has 5 rings (SSSR count). The quantitative estimate of drug-likeness (QED) is 0.387. The average Bonchev–Trinajstić information content (AvgIpc) is 3.33. The summed E-state index contributed by atoms with van der Waals surface area (Å²) in [5.41, 5.74) is -3.15. The number of para-hydroxylation sites is 1. The maximum atomic E-state index is 15.2. The fourth-order valence-corrected chi connectivity index (χ4v) is 5.89. The summed E-state index contributed by atoms with van der Waals surface area (Å²) in [5, 5.41) is 0. The number of nitrogens with zero attached hydrogens (tertiary/aromatic N) is 3. The third-order valence-electron chi connectivity index (χ3n) is 9.05. The van der Waals surface area contributed by atoms with Gasteiger partial charge in [0.1, 0.15) is 5.75 Å². The van der Waals surface area contributed by atoms with Crippen molar-refractivity contribution in [3.8, 4) is 11.6 Å². The highest BCUT2D eigenvalue weighted by molar-refractivity contribution is 5.41. The fourth-order valence-electron chi connectivity index (χ4n) is 5.89. The van der Waals surface area contributed by atoms with Crippen LogP contribution in [-0.2, 0) is 9.47 Å². The zero-order chi connectivity index (χ0) is 32.6. The first-order chi connectivity index (χ1) is 20.6. The first kappa shape index (κ1) is 33.3. The van der Waals surface area contributed by atoms with Crippen molar-refractivity contribution < 1.29 is 23.0 Å². The summed E-state index contributed by atoms with van der Waals surface area (Å²) >= 11 is 0. The Morgan fingerprint density at radius 1 is 0.864 bits per heavy atom. The summed E-state index contributed by atoms with van der Waals surface area (Å²) in [6.07, 6.45) is 1.68. The molecule has 8 atom stereocenters. The van der Waals surface area contributed by atoms with Gasteiger partial charge in [-0.25, -0.2) is 18.4 Å². The van der Waals surface area contributed by atoms with Crippen molar-refractivity contribution in [1.82, 2.24) is 19.1 Å². The Bertz CT molecular complexity index is 1630. The highest BCUT2D eigenvalue weighted by Gasteiger charge is 2.53. The van der Waals surface area contributed by atoms with E-state index in [4.69, 9.17) is 14.2 Å². The van der Waals surface area contributed by atoms with E-state index < -0.39 is 40.7 Å². The van der Waals surface area contributed by atoms with Crippen LogP contribution >= 0.6 is 0 Å². The summed E-state index contributed by atoms with van der Waals surface area (Å²) in [5.74, 6) is 0.229. The summed E-state index contributed by atoms with van der Waals surface area (Å²) in [6, 6.07) is 8.54. The maximum Gasteiger partial charge on any atom is 0.353 e. The number of halogens is 2. The fraction of sp³-hybridized carbons (Fsp3) is 0.562. The molecule has 2 saturated heterocycles. The Balaban J connectivity index is 0.000000215. The number of alkyl halides is 2. The number of aromatic nitrogens is 4.